The molecule has 102 valence electrons. The first-order valence-corrected chi connectivity index (χ1v) is 6.44. The first-order valence-electron chi connectivity index (χ1n) is 6.44. The van der Waals surface area contributed by atoms with Crippen molar-refractivity contribution in [3.63, 3.8) is 0 Å². The SMILES string of the molecule is CCN=C(NC(C)C(C)C)NC1CC1(C)C.I. The molecular formula is C13H28IN3. The molecule has 2 atom stereocenters. The van der Waals surface area contributed by atoms with E-state index in [9.17, 15) is 0 Å². The van der Waals surface area contributed by atoms with Crippen molar-refractivity contribution in [1.29, 1.82) is 0 Å². The van der Waals surface area contributed by atoms with Crippen LogP contribution < -0.4 is 10.6 Å². The minimum Gasteiger partial charge on any atom is -0.354 e. The van der Waals surface area contributed by atoms with E-state index >= 15 is 0 Å². The van der Waals surface area contributed by atoms with Crippen LogP contribution in [-0.4, -0.2) is 24.6 Å². The number of hydrogen-bond donors (Lipinski definition) is 2. The Morgan fingerprint density at radius 1 is 1.35 bits per heavy atom. The van der Waals surface area contributed by atoms with Crippen molar-refractivity contribution >= 4 is 29.9 Å². The van der Waals surface area contributed by atoms with Gasteiger partial charge in [-0.25, -0.2) is 0 Å². The summed E-state index contributed by atoms with van der Waals surface area (Å²) >= 11 is 0. The number of guanidine groups is 1. The van der Waals surface area contributed by atoms with Crippen molar-refractivity contribution in [2.75, 3.05) is 6.54 Å². The molecule has 3 nitrogen and oxygen atoms in total. The molecule has 1 fully saturated rings. The summed E-state index contributed by atoms with van der Waals surface area (Å²) in [4.78, 5) is 4.49. The molecule has 2 N–H and O–H groups in total. The lowest BCUT2D eigenvalue weighted by Crippen LogP contribution is -2.45. The molecule has 0 aromatic heterocycles. The lowest BCUT2D eigenvalue weighted by molar-refractivity contribution is 0.477. The van der Waals surface area contributed by atoms with Crippen LogP contribution in [0.15, 0.2) is 4.99 Å². The predicted octanol–water partition coefficient (Wildman–Crippen LogP) is 3.00. The molecule has 0 heterocycles. The molecule has 0 aromatic carbocycles. The van der Waals surface area contributed by atoms with Crippen LogP contribution in [0.4, 0.5) is 0 Å². The van der Waals surface area contributed by atoms with Crippen molar-refractivity contribution in [3.05, 3.63) is 0 Å². The Bertz CT molecular complexity index is 255. The minimum absolute atomic E-state index is 0. The van der Waals surface area contributed by atoms with E-state index in [2.05, 4.69) is 57.2 Å². The van der Waals surface area contributed by atoms with Gasteiger partial charge < -0.3 is 10.6 Å². The highest BCUT2D eigenvalue weighted by Gasteiger charge is 2.46. The summed E-state index contributed by atoms with van der Waals surface area (Å²) in [5.74, 6) is 1.59. The normalized spacial score (nSPS) is 23.9. The van der Waals surface area contributed by atoms with Gasteiger partial charge in [-0.3, -0.25) is 4.99 Å². The van der Waals surface area contributed by atoms with Gasteiger partial charge in [0, 0.05) is 18.6 Å². The number of hydrogen-bond acceptors (Lipinski definition) is 1. The molecule has 0 radical (unpaired) electrons. The number of nitrogens with zero attached hydrogens (tertiary/aromatic N) is 1. The van der Waals surface area contributed by atoms with Crippen LogP contribution in [0.5, 0.6) is 0 Å². The number of rotatable bonds is 4. The second-order valence-electron chi connectivity index (χ2n) is 5.89. The van der Waals surface area contributed by atoms with Crippen molar-refractivity contribution in [3.8, 4) is 0 Å². The maximum Gasteiger partial charge on any atom is 0.191 e. The number of halogens is 1. The molecule has 1 rings (SSSR count). The van der Waals surface area contributed by atoms with Crippen LogP contribution in [0.25, 0.3) is 0 Å². The zero-order chi connectivity index (χ0) is 12.3. The maximum atomic E-state index is 4.49. The molecule has 1 saturated carbocycles. The van der Waals surface area contributed by atoms with Gasteiger partial charge >= 0.3 is 0 Å². The zero-order valence-corrected chi connectivity index (χ0v) is 14.3. The summed E-state index contributed by atoms with van der Waals surface area (Å²) in [6, 6.07) is 1.05. The van der Waals surface area contributed by atoms with Gasteiger partial charge in [0.2, 0.25) is 0 Å². The largest absolute Gasteiger partial charge is 0.354 e. The Balaban J connectivity index is 0.00000256. The summed E-state index contributed by atoms with van der Waals surface area (Å²) in [5, 5.41) is 6.97. The van der Waals surface area contributed by atoms with Crippen LogP contribution in [0.1, 0.15) is 48.0 Å². The average molecular weight is 353 g/mol. The van der Waals surface area contributed by atoms with E-state index in [0.717, 1.165) is 12.5 Å². The fourth-order valence-electron chi connectivity index (χ4n) is 1.55. The Labute approximate surface area is 123 Å². The molecule has 4 heteroatoms. The minimum atomic E-state index is 0. The molecule has 1 aliphatic rings. The topological polar surface area (TPSA) is 36.4 Å². The van der Waals surface area contributed by atoms with E-state index in [0.29, 0.717) is 23.4 Å². The van der Waals surface area contributed by atoms with Crippen LogP contribution in [-0.2, 0) is 0 Å². The van der Waals surface area contributed by atoms with Gasteiger partial charge in [0.05, 0.1) is 0 Å². The lowest BCUT2D eigenvalue weighted by Gasteiger charge is -2.21. The Kier molecular flexibility index (Phi) is 6.81. The third-order valence-corrected chi connectivity index (χ3v) is 3.50. The van der Waals surface area contributed by atoms with Crippen LogP contribution in [0, 0.1) is 11.3 Å². The van der Waals surface area contributed by atoms with Gasteiger partial charge in [0.1, 0.15) is 0 Å². The Morgan fingerprint density at radius 3 is 2.24 bits per heavy atom. The fourth-order valence-corrected chi connectivity index (χ4v) is 1.55. The monoisotopic (exact) mass is 353 g/mol. The van der Waals surface area contributed by atoms with Crippen molar-refractivity contribution in [1.82, 2.24) is 10.6 Å². The van der Waals surface area contributed by atoms with Gasteiger partial charge in [-0.15, -0.1) is 24.0 Å². The highest BCUT2D eigenvalue weighted by molar-refractivity contribution is 14.0. The van der Waals surface area contributed by atoms with Gasteiger partial charge in [0.15, 0.2) is 5.96 Å². The van der Waals surface area contributed by atoms with Gasteiger partial charge in [-0.2, -0.15) is 0 Å². The van der Waals surface area contributed by atoms with E-state index in [1.165, 1.54) is 6.42 Å². The highest BCUT2D eigenvalue weighted by atomic mass is 127. The standard InChI is InChI=1S/C13H27N3.HI/c1-7-14-12(15-10(4)9(2)3)16-11-8-13(11,5)6;/h9-11H,7-8H2,1-6H3,(H2,14,15,16);1H. The van der Waals surface area contributed by atoms with Crippen molar-refractivity contribution in [2.45, 2.75) is 60.0 Å². The van der Waals surface area contributed by atoms with E-state index in [-0.39, 0.29) is 24.0 Å². The van der Waals surface area contributed by atoms with E-state index < -0.39 is 0 Å². The number of nitrogens with one attached hydrogen (secondary N) is 2. The second kappa shape index (κ2) is 6.81. The average Bonchev–Trinajstić information content (AvgIpc) is 2.73. The van der Waals surface area contributed by atoms with Crippen LogP contribution in [0.2, 0.25) is 0 Å². The molecule has 17 heavy (non-hydrogen) atoms. The van der Waals surface area contributed by atoms with Crippen LogP contribution in [0.3, 0.4) is 0 Å². The highest BCUT2D eigenvalue weighted by Crippen LogP contribution is 2.44. The maximum absolute atomic E-state index is 4.49. The molecule has 0 bridgehead atoms. The first kappa shape index (κ1) is 17.0. The molecule has 0 aliphatic heterocycles. The molecule has 2 unspecified atom stereocenters. The van der Waals surface area contributed by atoms with Crippen molar-refractivity contribution < 1.29 is 0 Å². The predicted molar refractivity (Wildman–Crippen MR) is 86.1 cm³/mol. The summed E-state index contributed by atoms with van der Waals surface area (Å²) < 4.78 is 0. The van der Waals surface area contributed by atoms with Crippen molar-refractivity contribution in [2.24, 2.45) is 16.3 Å². The van der Waals surface area contributed by atoms with Crippen LogP contribution >= 0.6 is 24.0 Å². The molecule has 1 aliphatic carbocycles. The molecule has 0 spiro atoms. The van der Waals surface area contributed by atoms with E-state index in [1.54, 1.807) is 0 Å². The zero-order valence-electron chi connectivity index (χ0n) is 12.0. The molecule has 0 saturated heterocycles. The second-order valence-corrected chi connectivity index (χ2v) is 5.89. The van der Waals surface area contributed by atoms with Gasteiger partial charge in [-0.05, 0) is 31.6 Å². The van der Waals surface area contributed by atoms with E-state index in [4.69, 9.17) is 0 Å². The fraction of sp³-hybridized carbons (Fsp3) is 0.923. The molecule has 0 amide bonds. The van der Waals surface area contributed by atoms with Gasteiger partial charge in [0.25, 0.3) is 0 Å². The van der Waals surface area contributed by atoms with Gasteiger partial charge in [-0.1, -0.05) is 27.7 Å². The molecular weight excluding hydrogens is 325 g/mol. The summed E-state index contributed by atoms with van der Waals surface area (Å²) in [6.45, 7) is 14.1. The third kappa shape index (κ3) is 5.44. The Hall–Kier alpha value is 0. The first-order chi connectivity index (χ1) is 7.36. The quantitative estimate of drug-likeness (QED) is 0.463. The third-order valence-electron chi connectivity index (χ3n) is 3.50. The summed E-state index contributed by atoms with van der Waals surface area (Å²) in [7, 11) is 0. The van der Waals surface area contributed by atoms with E-state index in [1.807, 2.05) is 0 Å². The lowest BCUT2D eigenvalue weighted by atomic mass is 10.1. The summed E-state index contributed by atoms with van der Waals surface area (Å²) in [5.41, 5.74) is 0.442. The number of aliphatic imine (C=N–C) groups is 1. The summed E-state index contributed by atoms with van der Waals surface area (Å²) in [6.07, 6.45) is 1.24. The molecule has 0 aromatic rings. The smallest absolute Gasteiger partial charge is 0.191 e. The Morgan fingerprint density at radius 2 is 1.88 bits per heavy atom.